The van der Waals surface area contributed by atoms with Crippen LogP contribution in [0.15, 0.2) is 48.5 Å². The summed E-state index contributed by atoms with van der Waals surface area (Å²) in [5.41, 5.74) is 2.30. The first kappa shape index (κ1) is 9.93. The zero-order valence-corrected chi connectivity index (χ0v) is 9.70. The van der Waals surface area contributed by atoms with E-state index in [1.807, 2.05) is 12.1 Å². The van der Waals surface area contributed by atoms with Crippen LogP contribution in [0.4, 0.5) is 0 Å². The molecule has 0 nitrogen and oxygen atoms in total. The smallest absolute Gasteiger partial charge is 0.0399 e. The quantitative estimate of drug-likeness (QED) is 0.388. The van der Waals surface area contributed by atoms with Gasteiger partial charge in [-0.2, -0.15) is 0 Å². The van der Waals surface area contributed by atoms with Gasteiger partial charge in [0.05, 0.1) is 0 Å². The molecule has 0 spiro atoms. The highest BCUT2D eigenvalue weighted by Crippen LogP contribution is 2.31. The maximum Gasteiger partial charge on any atom is 0.0399 e. The summed E-state index contributed by atoms with van der Waals surface area (Å²) >= 11 is 0. The summed E-state index contributed by atoms with van der Waals surface area (Å²) in [7, 11) is 0. The summed E-state index contributed by atoms with van der Waals surface area (Å²) in [5, 5.41) is 4.84. The van der Waals surface area contributed by atoms with Crippen molar-refractivity contribution in [3.63, 3.8) is 0 Å². The SMILES string of the molecule is C#Cc1c2ccccc2c(C)c2ccccc12. The summed E-state index contributed by atoms with van der Waals surface area (Å²) in [6.07, 6.45) is 5.68. The van der Waals surface area contributed by atoms with Gasteiger partial charge in [0, 0.05) is 5.56 Å². The summed E-state index contributed by atoms with van der Waals surface area (Å²) in [5.74, 6) is 2.84. The fraction of sp³-hybridized carbons (Fsp3) is 0.0588. The first-order valence-corrected chi connectivity index (χ1v) is 5.69. The third-order valence-electron chi connectivity index (χ3n) is 3.35. The largest absolute Gasteiger partial charge is 0.115 e. The normalized spacial score (nSPS) is 10.6. The number of fused-ring (bicyclic) bond motifs is 2. The summed E-state index contributed by atoms with van der Waals surface area (Å²) in [4.78, 5) is 0. The molecule has 0 radical (unpaired) electrons. The molecule has 0 aromatic heterocycles. The third-order valence-corrected chi connectivity index (χ3v) is 3.35. The highest BCUT2D eigenvalue weighted by Gasteiger charge is 2.08. The highest BCUT2D eigenvalue weighted by molar-refractivity contribution is 6.07. The molecule has 0 unspecified atom stereocenters. The molecule has 0 saturated heterocycles. The maximum atomic E-state index is 5.68. The van der Waals surface area contributed by atoms with Crippen LogP contribution < -0.4 is 0 Å². The molecule has 0 aliphatic carbocycles. The molecular weight excluding hydrogens is 204 g/mol. The van der Waals surface area contributed by atoms with E-state index in [-0.39, 0.29) is 0 Å². The highest BCUT2D eigenvalue weighted by atomic mass is 14.1. The Kier molecular flexibility index (Phi) is 2.13. The molecule has 0 heteroatoms. The molecule has 0 saturated carbocycles. The van der Waals surface area contributed by atoms with E-state index in [0.717, 1.165) is 5.56 Å². The van der Waals surface area contributed by atoms with Gasteiger partial charge in [-0.3, -0.25) is 0 Å². The predicted molar refractivity (Wildman–Crippen MR) is 74.1 cm³/mol. The standard InChI is InChI=1S/C17H12/c1-3-13-16-10-6-4-8-14(16)12(2)15-9-5-7-11-17(13)15/h1,4-11H,2H3. The Bertz CT molecular complexity index is 701. The van der Waals surface area contributed by atoms with Gasteiger partial charge in [0.15, 0.2) is 0 Å². The van der Waals surface area contributed by atoms with Crippen LogP contribution in [0.5, 0.6) is 0 Å². The molecule has 17 heavy (non-hydrogen) atoms. The van der Waals surface area contributed by atoms with Crippen molar-refractivity contribution in [1.82, 2.24) is 0 Å². The fourth-order valence-electron chi connectivity index (χ4n) is 2.50. The van der Waals surface area contributed by atoms with Crippen molar-refractivity contribution < 1.29 is 0 Å². The molecule has 0 aliphatic heterocycles. The van der Waals surface area contributed by atoms with Crippen molar-refractivity contribution in [2.24, 2.45) is 0 Å². The second kappa shape index (κ2) is 3.64. The third kappa shape index (κ3) is 1.33. The predicted octanol–water partition coefficient (Wildman–Crippen LogP) is 4.28. The van der Waals surface area contributed by atoms with Gasteiger partial charge in [0.25, 0.3) is 0 Å². The van der Waals surface area contributed by atoms with Gasteiger partial charge in [-0.15, -0.1) is 6.42 Å². The summed E-state index contributed by atoms with van der Waals surface area (Å²) in [6, 6.07) is 16.7. The van der Waals surface area contributed by atoms with Gasteiger partial charge < -0.3 is 0 Å². The molecule has 3 rings (SSSR count). The van der Waals surface area contributed by atoms with Gasteiger partial charge >= 0.3 is 0 Å². The lowest BCUT2D eigenvalue weighted by Gasteiger charge is -2.10. The van der Waals surface area contributed by atoms with Gasteiger partial charge in [-0.25, -0.2) is 0 Å². The van der Waals surface area contributed by atoms with Crippen molar-refractivity contribution in [1.29, 1.82) is 0 Å². The first-order valence-electron chi connectivity index (χ1n) is 5.69. The molecule has 80 valence electrons. The second-order valence-corrected chi connectivity index (χ2v) is 4.24. The number of aryl methyl sites for hydroxylation is 1. The minimum Gasteiger partial charge on any atom is -0.115 e. The van der Waals surface area contributed by atoms with E-state index in [2.05, 4.69) is 49.2 Å². The van der Waals surface area contributed by atoms with Crippen molar-refractivity contribution in [3.8, 4) is 12.3 Å². The lowest BCUT2D eigenvalue weighted by atomic mass is 9.93. The Morgan fingerprint density at radius 2 is 1.18 bits per heavy atom. The van der Waals surface area contributed by atoms with Crippen LogP contribution in [0.3, 0.4) is 0 Å². The molecule has 0 amide bonds. The van der Waals surface area contributed by atoms with Crippen LogP contribution in [0.25, 0.3) is 21.5 Å². The molecule has 0 bridgehead atoms. The summed E-state index contributed by atoms with van der Waals surface area (Å²) < 4.78 is 0. The molecule has 0 aliphatic rings. The lowest BCUT2D eigenvalue weighted by molar-refractivity contribution is 1.57. The van der Waals surface area contributed by atoms with Crippen LogP contribution in [-0.2, 0) is 0 Å². The Hall–Kier alpha value is -2.26. The van der Waals surface area contributed by atoms with Gasteiger partial charge in [-0.1, -0.05) is 54.5 Å². The average Bonchev–Trinajstić information content (AvgIpc) is 2.40. The number of terminal acetylenes is 1. The first-order chi connectivity index (χ1) is 8.33. The van der Waals surface area contributed by atoms with E-state index < -0.39 is 0 Å². The molecule has 3 aromatic carbocycles. The van der Waals surface area contributed by atoms with Gasteiger partial charge in [0.1, 0.15) is 0 Å². The van der Waals surface area contributed by atoms with Crippen molar-refractivity contribution >= 4 is 21.5 Å². The zero-order valence-electron chi connectivity index (χ0n) is 9.70. The molecule has 3 aromatic rings. The van der Waals surface area contributed by atoms with Gasteiger partial charge in [-0.05, 0) is 34.0 Å². The van der Waals surface area contributed by atoms with Crippen molar-refractivity contribution in [2.75, 3.05) is 0 Å². The minimum atomic E-state index is 1.00. The number of hydrogen-bond donors (Lipinski definition) is 0. The number of benzene rings is 3. The van der Waals surface area contributed by atoms with Crippen LogP contribution in [0, 0.1) is 19.3 Å². The van der Waals surface area contributed by atoms with E-state index >= 15 is 0 Å². The van der Waals surface area contributed by atoms with Crippen molar-refractivity contribution in [3.05, 3.63) is 59.7 Å². The Labute approximate surface area is 101 Å². The molecule has 0 fully saturated rings. The van der Waals surface area contributed by atoms with Gasteiger partial charge in [0.2, 0.25) is 0 Å². The minimum absolute atomic E-state index is 1.00. The summed E-state index contributed by atoms with van der Waals surface area (Å²) in [6.45, 7) is 2.16. The van der Waals surface area contributed by atoms with E-state index in [1.54, 1.807) is 0 Å². The van der Waals surface area contributed by atoms with Crippen molar-refractivity contribution in [2.45, 2.75) is 6.92 Å². The zero-order chi connectivity index (χ0) is 11.8. The fourth-order valence-corrected chi connectivity index (χ4v) is 2.50. The lowest BCUT2D eigenvalue weighted by Crippen LogP contribution is -1.88. The molecular formula is C17H12. The maximum absolute atomic E-state index is 5.68. The molecule has 0 N–H and O–H groups in total. The van der Waals surface area contributed by atoms with E-state index in [0.29, 0.717) is 0 Å². The van der Waals surface area contributed by atoms with Crippen LogP contribution in [0.2, 0.25) is 0 Å². The van der Waals surface area contributed by atoms with Crippen LogP contribution in [0.1, 0.15) is 11.1 Å². The van der Waals surface area contributed by atoms with E-state index in [9.17, 15) is 0 Å². The number of hydrogen-bond acceptors (Lipinski definition) is 0. The number of rotatable bonds is 0. The average molecular weight is 216 g/mol. The van der Waals surface area contributed by atoms with Crippen LogP contribution in [-0.4, -0.2) is 0 Å². The monoisotopic (exact) mass is 216 g/mol. The van der Waals surface area contributed by atoms with Crippen LogP contribution >= 0.6 is 0 Å². The van der Waals surface area contributed by atoms with E-state index in [4.69, 9.17) is 6.42 Å². The van der Waals surface area contributed by atoms with E-state index in [1.165, 1.54) is 27.1 Å². The topological polar surface area (TPSA) is 0 Å². The Morgan fingerprint density at radius 1 is 0.765 bits per heavy atom. The molecule has 0 heterocycles. The second-order valence-electron chi connectivity index (χ2n) is 4.24. The molecule has 0 atom stereocenters. The Morgan fingerprint density at radius 3 is 1.59 bits per heavy atom. The Balaban J connectivity index is 2.70.